The molecule has 0 saturated carbocycles. The zero-order chi connectivity index (χ0) is 15.2. The largest absolute Gasteiger partial charge is 0.325 e. The summed E-state index contributed by atoms with van der Waals surface area (Å²) in [6.45, 7) is 6.33. The number of para-hydroxylation sites is 1. The van der Waals surface area contributed by atoms with Crippen molar-refractivity contribution in [1.29, 1.82) is 0 Å². The van der Waals surface area contributed by atoms with E-state index in [2.05, 4.69) is 44.3 Å². The van der Waals surface area contributed by atoms with Gasteiger partial charge in [-0.1, -0.05) is 50.2 Å². The molecule has 0 radical (unpaired) electrons. The van der Waals surface area contributed by atoms with Crippen LogP contribution in [0.1, 0.15) is 30.9 Å². The summed E-state index contributed by atoms with van der Waals surface area (Å²) in [7, 11) is 0. The van der Waals surface area contributed by atoms with E-state index in [1.807, 2.05) is 30.3 Å². The van der Waals surface area contributed by atoms with Crippen LogP contribution in [0.25, 0.3) is 0 Å². The molecular formula is C18H21NOS. The predicted octanol–water partition coefficient (Wildman–Crippen LogP) is 4.85. The minimum absolute atomic E-state index is 0.0383. The molecule has 0 aliphatic heterocycles. The second kappa shape index (κ2) is 7.32. The SMILES string of the molecule is Cc1ccccc1SCC(=O)Nc1ccccc1C(C)C. The molecule has 0 bridgehead atoms. The molecule has 2 nitrogen and oxygen atoms in total. The lowest BCUT2D eigenvalue weighted by Crippen LogP contribution is -2.15. The summed E-state index contributed by atoms with van der Waals surface area (Å²) in [4.78, 5) is 13.3. The summed E-state index contributed by atoms with van der Waals surface area (Å²) in [5.41, 5.74) is 3.30. The molecule has 21 heavy (non-hydrogen) atoms. The monoisotopic (exact) mass is 299 g/mol. The van der Waals surface area contributed by atoms with Crippen LogP contribution in [0.5, 0.6) is 0 Å². The standard InChI is InChI=1S/C18H21NOS/c1-13(2)15-9-5-6-10-16(15)19-18(20)12-21-17-11-7-4-8-14(17)3/h4-11,13H,12H2,1-3H3,(H,19,20). The molecule has 0 fully saturated rings. The second-order valence-electron chi connectivity index (χ2n) is 5.34. The number of rotatable bonds is 5. The molecule has 0 unspecified atom stereocenters. The van der Waals surface area contributed by atoms with Crippen molar-refractivity contribution in [3.05, 3.63) is 59.7 Å². The molecule has 0 aliphatic carbocycles. The number of hydrogen-bond donors (Lipinski definition) is 1. The van der Waals surface area contributed by atoms with Crippen LogP contribution in [0.15, 0.2) is 53.4 Å². The Balaban J connectivity index is 1.98. The first-order chi connectivity index (χ1) is 10.1. The number of carbonyl (C=O) groups is 1. The first kappa shape index (κ1) is 15.6. The molecule has 0 saturated heterocycles. The van der Waals surface area contributed by atoms with Gasteiger partial charge in [-0.05, 0) is 36.1 Å². The van der Waals surface area contributed by atoms with Crippen molar-refractivity contribution in [2.45, 2.75) is 31.6 Å². The van der Waals surface area contributed by atoms with Crippen molar-refractivity contribution in [2.24, 2.45) is 0 Å². The molecule has 1 amide bonds. The molecule has 0 heterocycles. The Kier molecular flexibility index (Phi) is 5.45. The van der Waals surface area contributed by atoms with Crippen molar-refractivity contribution in [3.8, 4) is 0 Å². The highest BCUT2D eigenvalue weighted by molar-refractivity contribution is 8.00. The molecule has 110 valence electrons. The van der Waals surface area contributed by atoms with Gasteiger partial charge in [0.25, 0.3) is 0 Å². The molecular weight excluding hydrogens is 278 g/mol. The number of carbonyl (C=O) groups excluding carboxylic acids is 1. The van der Waals surface area contributed by atoms with Gasteiger partial charge in [0.1, 0.15) is 0 Å². The van der Waals surface area contributed by atoms with E-state index in [-0.39, 0.29) is 5.91 Å². The maximum atomic E-state index is 12.1. The maximum Gasteiger partial charge on any atom is 0.234 e. The van der Waals surface area contributed by atoms with Crippen LogP contribution in [0.3, 0.4) is 0 Å². The van der Waals surface area contributed by atoms with E-state index in [4.69, 9.17) is 0 Å². The van der Waals surface area contributed by atoms with E-state index >= 15 is 0 Å². The molecule has 0 aromatic heterocycles. The highest BCUT2D eigenvalue weighted by Gasteiger charge is 2.09. The van der Waals surface area contributed by atoms with Gasteiger partial charge in [-0.3, -0.25) is 4.79 Å². The highest BCUT2D eigenvalue weighted by atomic mass is 32.2. The number of anilines is 1. The van der Waals surface area contributed by atoms with E-state index in [9.17, 15) is 4.79 Å². The second-order valence-corrected chi connectivity index (χ2v) is 6.36. The summed E-state index contributed by atoms with van der Waals surface area (Å²) >= 11 is 1.58. The fraction of sp³-hybridized carbons (Fsp3) is 0.278. The van der Waals surface area contributed by atoms with Crippen molar-refractivity contribution in [3.63, 3.8) is 0 Å². The van der Waals surface area contributed by atoms with Gasteiger partial charge >= 0.3 is 0 Å². The van der Waals surface area contributed by atoms with Crippen molar-refractivity contribution in [1.82, 2.24) is 0 Å². The smallest absolute Gasteiger partial charge is 0.234 e. The van der Waals surface area contributed by atoms with Gasteiger partial charge in [-0.15, -0.1) is 11.8 Å². The Morgan fingerprint density at radius 2 is 1.76 bits per heavy atom. The lowest BCUT2D eigenvalue weighted by molar-refractivity contribution is -0.113. The average Bonchev–Trinajstić information content (AvgIpc) is 2.47. The molecule has 0 aliphatic rings. The lowest BCUT2D eigenvalue weighted by atomic mass is 10.0. The Morgan fingerprint density at radius 1 is 1.10 bits per heavy atom. The van der Waals surface area contributed by atoms with E-state index < -0.39 is 0 Å². The summed E-state index contributed by atoms with van der Waals surface area (Å²) in [5.74, 6) is 0.860. The number of hydrogen-bond acceptors (Lipinski definition) is 2. The quantitative estimate of drug-likeness (QED) is 0.800. The number of amides is 1. The van der Waals surface area contributed by atoms with Gasteiger partial charge in [0.2, 0.25) is 5.91 Å². The minimum atomic E-state index is 0.0383. The number of aryl methyl sites for hydroxylation is 1. The summed E-state index contributed by atoms with van der Waals surface area (Å²) < 4.78 is 0. The van der Waals surface area contributed by atoms with E-state index in [0.29, 0.717) is 11.7 Å². The van der Waals surface area contributed by atoms with Gasteiger partial charge < -0.3 is 5.32 Å². The van der Waals surface area contributed by atoms with E-state index in [0.717, 1.165) is 10.6 Å². The fourth-order valence-corrected chi connectivity index (χ4v) is 2.99. The molecule has 2 aromatic rings. The van der Waals surface area contributed by atoms with Crippen molar-refractivity contribution in [2.75, 3.05) is 11.1 Å². The average molecular weight is 299 g/mol. The van der Waals surface area contributed by atoms with Crippen LogP contribution in [0.2, 0.25) is 0 Å². The van der Waals surface area contributed by atoms with Crippen LogP contribution in [-0.2, 0) is 4.79 Å². The lowest BCUT2D eigenvalue weighted by Gasteiger charge is -2.13. The first-order valence-electron chi connectivity index (χ1n) is 7.15. The minimum Gasteiger partial charge on any atom is -0.325 e. The number of benzene rings is 2. The first-order valence-corrected chi connectivity index (χ1v) is 8.13. The maximum absolute atomic E-state index is 12.1. The van der Waals surface area contributed by atoms with Gasteiger partial charge in [0.05, 0.1) is 5.75 Å². The van der Waals surface area contributed by atoms with E-state index in [1.165, 1.54) is 11.1 Å². The zero-order valence-corrected chi connectivity index (χ0v) is 13.5. The normalized spacial score (nSPS) is 10.7. The van der Waals surface area contributed by atoms with Gasteiger partial charge in [0, 0.05) is 10.6 Å². The molecule has 3 heteroatoms. The number of thioether (sulfide) groups is 1. The molecule has 0 spiro atoms. The topological polar surface area (TPSA) is 29.1 Å². The third kappa shape index (κ3) is 4.36. The Morgan fingerprint density at radius 3 is 2.48 bits per heavy atom. The van der Waals surface area contributed by atoms with Gasteiger partial charge in [0.15, 0.2) is 0 Å². The molecule has 2 rings (SSSR count). The van der Waals surface area contributed by atoms with Crippen molar-refractivity contribution < 1.29 is 4.79 Å². The van der Waals surface area contributed by atoms with Crippen molar-refractivity contribution >= 4 is 23.4 Å². The van der Waals surface area contributed by atoms with Crippen LogP contribution < -0.4 is 5.32 Å². The number of nitrogens with one attached hydrogen (secondary N) is 1. The zero-order valence-electron chi connectivity index (χ0n) is 12.7. The molecule has 0 atom stereocenters. The summed E-state index contributed by atoms with van der Waals surface area (Å²) in [6.07, 6.45) is 0. The van der Waals surface area contributed by atoms with Crippen LogP contribution in [0, 0.1) is 6.92 Å². The predicted molar refractivity (Wildman–Crippen MR) is 91.1 cm³/mol. The Labute approximate surface area is 131 Å². The van der Waals surface area contributed by atoms with E-state index in [1.54, 1.807) is 11.8 Å². The summed E-state index contributed by atoms with van der Waals surface area (Å²) in [6, 6.07) is 16.1. The summed E-state index contributed by atoms with van der Waals surface area (Å²) in [5, 5.41) is 3.02. The van der Waals surface area contributed by atoms with Gasteiger partial charge in [-0.25, -0.2) is 0 Å². The Bertz CT molecular complexity index is 622. The third-order valence-corrected chi connectivity index (χ3v) is 4.48. The van der Waals surface area contributed by atoms with Crippen LogP contribution >= 0.6 is 11.8 Å². The Hall–Kier alpha value is -1.74. The van der Waals surface area contributed by atoms with Crippen LogP contribution in [-0.4, -0.2) is 11.7 Å². The highest BCUT2D eigenvalue weighted by Crippen LogP contribution is 2.25. The molecule has 2 aromatic carbocycles. The van der Waals surface area contributed by atoms with Gasteiger partial charge in [-0.2, -0.15) is 0 Å². The fourth-order valence-electron chi connectivity index (χ4n) is 2.16. The van der Waals surface area contributed by atoms with Crippen LogP contribution in [0.4, 0.5) is 5.69 Å². The molecule has 1 N–H and O–H groups in total. The third-order valence-electron chi connectivity index (χ3n) is 3.31.